The Hall–Kier alpha value is -1.81. The van der Waals surface area contributed by atoms with Gasteiger partial charge in [-0.25, -0.2) is 4.79 Å². The van der Waals surface area contributed by atoms with Crippen molar-refractivity contribution in [2.45, 2.75) is 65.8 Å². The smallest absolute Gasteiger partial charge is 0.335 e. The van der Waals surface area contributed by atoms with Gasteiger partial charge in [0.25, 0.3) is 0 Å². The number of aliphatic hydroxyl groups excluding tert-OH is 1. The van der Waals surface area contributed by atoms with Crippen LogP contribution in [-0.2, 0) is 13.0 Å². The van der Waals surface area contributed by atoms with E-state index in [1.807, 2.05) is 12.1 Å². The topological polar surface area (TPSA) is 62.5 Å². The van der Waals surface area contributed by atoms with Gasteiger partial charge in [-0.2, -0.15) is 0 Å². The minimum Gasteiger partial charge on any atom is -0.478 e. The molecule has 132 valence electrons. The molecule has 1 aromatic carbocycles. The minimum absolute atomic E-state index is 0.160. The molecular formula is C20H29NO3. The standard InChI is InChI=1S/C20H29NO3/c1-5-6-8-16-14(4)21(9-7-10-22)19-17(13(2)3)11-15(20(23)24)12-18(16)19/h11-13,22H,5-10H2,1-4H3,(H,23,24). The van der Waals surface area contributed by atoms with Gasteiger partial charge in [0.2, 0.25) is 0 Å². The molecule has 1 heterocycles. The quantitative estimate of drug-likeness (QED) is 0.749. The Morgan fingerprint density at radius 1 is 1.25 bits per heavy atom. The summed E-state index contributed by atoms with van der Waals surface area (Å²) in [5, 5.41) is 19.8. The van der Waals surface area contributed by atoms with Crippen LogP contribution in [0.2, 0.25) is 0 Å². The van der Waals surface area contributed by atoms with E-state index in [0.717, 1.165) is 42.3 Å². The molecule has 0 saturated heterocycles. The average molecular weight is 331 g/mol. The molecule has 0 aliphatic rings. The first-order valence-electron chi connectivity index (χ1n) is 8.92. The third-order valence-corrected chi connectivity index (χ3v) is 4.77. The molecule has 0 radical (unpaired) electrons. The number of carboxylic acids is 1. The number of carboxylic acid groups (broad SMARTS) is 1. The molecule has 0 saturated carbocycles. The highest BCUT2D eigenvalue weighted by molar-refractivity contribution is 5.97. The average Bonchev–Trinajstić information content (AvgIpc) is 2.81. The number of aromatic carboxylic acids is 1. The molecular weight excluding hydrogens is 302 g/mol. The zero-order chi connectivity index (χ0) is 17.9. The van der Waals surface area contributed by atoms with Crippen LogP contribution in [0.15, 0.2) is 12.1 Å². The molecule has 0 aliphatic carbocycles. The number of aromatic nitrogens is 1. The number of nitrogens with zero attached hydrogens (tertiary/aromatic N) is 1. The molecule has 0 fully saturated rings. The van der Waals surface area contributed by atoms with E-state index in [1.54, 1.807) is 0 Å². The van der Waals surface area contributed by atoms with Crippen molar-refractivity contribution in [2.24, 2.45) is 0 Å². The maximum Gasteiger partial charge on any atom is 0.335 e. The van der Waals surface area contributed by atoms with Gasteiger partial charge in [-0.15, -0.1) is 0 Å². The number of aryl methyl sites for hydroxylation is 2. The van der Waals surface area contributed by atoms with Crippen LogP contribution >= 0.6 is 0 Å². The van der Waals surface area contributed by atoms with Crippen LogP contribution < -0.4 is 0 Å². The van der Waals surface area contributed by atoms with E-state index in [4.69, 9.17) is 0 Å². The van der Waals surface area contributed by atoms with Gasteiger partial charge in [0, 0.05) is 24.2 Å². The summed E-state index contributed by atoms with van der Waals surface area (Å²) >= 11 is 0. The predicted molar refractivity (Wildman–Crippen MR) is 98.0 cm³/mol. The van der Waals surface area contributed by atoms with Crippen molar-refractivity contribution >= 4 is 16.9 Å². The van der Waals surface area contributed by atoms with Gasteiger partial charge >= 0.3 is 5.97 Å². The van der Waals surface area contributed by atoms with Gasteiger partial charge < -0.3 is 14.8 Å². The number of fused-ring (bicyclic) bond motifs is 1. The SMILES string of the molecule is CCCCc1c(C)n(CCCO)c2c(C(C)C)cc(C(=O)O)cc12. The first kappa shape index (κ1) is 18.5. The van der Waals surface area contributed by atoms with Gasteiger partial charge in [0.15, 0.2) is 0 Å². The molecule has 0 spiro atoms. The van der Waals surface area contributed by atoms with E-state index in [1.165, 1.54) is 11.3 Å². The molecule has 2 aromatic rings. The Kier molecular flexibility index (Phi) is 6.05. The lowest BCUT2D eigenvalue weighted by Crippen LogP contribution is -2.06. The lowest BCUT2D eigenvalue weighted by atomic mass is 9.95. The molecule has 0 unspecified atom stereocenters. The normalized spacial score (nSPS) is 11.6. The zero-order valence-electron chi connectivity index (χ0n) is 15.2. The van der Waals surface area contributed by atoms with E-state index < -0.39 is 5.97 Å². The fourth-order valence-corrected chi connectivity index (χ4v) is 3.45. The van der Waals surface area contributed by atoms with Crippen molar-refractivity contribution in [3.8, 4) is 0 Å². The first-order valence-corrected chi connectivity index (χ1v) is 8.92. The summed E-state index contributed by atoms with van der Waals surface area (Å²) in [4.78, 5) is 11.6. The number of benzene rings is 1. The number of rotatable bonds is 8. The van der Waals surface area contributed by atoms with Crippen molar-refractivity contribution in [3.63, 3.8) is 0 Å². The number of carbonyl (C=O) groups is 1. The summed E-state index contributed by atoms with van der Waals surface area (Å²) in [5.41, 5.74) is 5.05. The lowest BCUT2D eigenvalue weighted by Gasteiger charge is -2.14. The second-order valence-corrected chi connectivity index (χ2v) is 6.82. The summed E-state index contributed by atoms with van der Waals surface area (Å²) in [6, 6.07) is 3.64. The highest BCUT2D eigenvalue weighted by atomic mass is 16.4. The molecule has 0 atom stereocenters. The maximum atomic E-state index is 11.6. The highest BCUT2D eigenvalue weighted by Crippen LogP contribution is 2.34. The van der Waals surface area contributed by atoms with E-state index in [0.29, 0.717) is 12.0 Å². The Bertz CT molecular complexity index is 728. The Balaban J connectivity index is 2.79. The Labute approximate surface area is 144 Å². The third kappa shape index (κ3) is 3.48. The zero-order valence-corrected chi connectivity index (χ0v) is 15.2. The third-order valence-electron chi connectivity index (χ3n) is 4.77. The highest BCUT2D eigenvalue weighted by Gasteiger charge is 2.20. The van der Waals surface area contributed by atoms with E-state index in [2.05, 4.69) is 32.3 Å². The summed E-state index contributed by atoms with van der Waals surface area (Å²) < 4.78 is 2.28. The number of hydrogen-bond acceptors (Lipinski definition) is 2. The van der Waals surface area contributed by atoms with Crippen molar-refractivity contribution in [1.82, 2.24) is 4.57 Å². The number of hydrogen-bond donors (Lipinski definition) is 2. The van der Waals surface area contributed by atoms with Gasteiger partial charge in [-0.1, -0.05) is 27.2 Å². The molecule has 0 aliphatic heterocycles. The maximum absolute atomic E-state index is 11.6. The van der Waals surface area contributed by atoms with Crippen molar-refractivity contribution in [2.75, 3.05) is 6.61 Å². The van der Waals surface area contributed by atoms with E-state index in [9.17, 15) is 15.0 Å². The van der Waals surface area contributed by atoms with Crippen LogP contribution in [0.3, 0.4) is 0 Å². The van der Waals surface area contributed by atoms with Gasteiger partial charge in [-0.3, -0.25) is 0 Å². The molecule has 1 aromatic heterocycles. The monoisotopic (exact) mass is 331 g/mol. The van der Waals surface area contributed by atoms with Crippen LogP contribution in [0.4, 0.5) is 0 Å². The summed E-state index contributed by atoms with van der Waals surface area (Å²) in [5.74, 6) is -0.631. The van der Waals surface area contributed by atoms with Crippen LogP contribution in [-0.4, -0.2) is 27.4 Å². The summed E-state index contributed by atoms with van der Waals surface area (Å²) in [7, 11) is 0. The number of unbranched alkanes of at least 4 members (excludes halogenated alkanes) is 1. The van der Waals surface area contributed by atoms with E-state index in [-0.39, 0.29) is 12.5 Å². The second kappa shape index (κ2) is 7.84. The van der Waals surface area contributed by atoms with Crippen LogP contribution in [0.25, 0.3) is 10.9 Å². The Morgan fingerprint density at radius 3 is 2.50 bits per heavy atom. The minimum atomic E-state index is -0.874. The molecule has 2 N–H and O–H groups in total. The fraction of sp³-hybridized carbons (Fsp3) is 0.550. The van der Waals surface area contributed by atoms with Crippen LogP contribution in [0, 0.1) is 6.92 Å². The molecule has 24 heavy (non-hydrogen) atoms. The van der Waals surface area contributed by atoms with Crippen LogP contribution in [0.5, 0.6) is 0 Å². The lowest BCUT2D eigenvalue weighted by molar-refractivity contribution is 0.0697. The van der Waals surface area contributed by atoms with Crippen molar-refractivity contribution in [3.05, 3.63) is 34.5 Å². The first-order chi connectivity index (χ1) is 11.4. The largest absolute Gasteiger partial charge is 0.478 e. The molecule has 2 rings (SSSR count). The van der Waals surface area contributed by atoms with Gasteiger partial charge in [0.05, 0.1) is 11.1 Å². The number of aliphatic hydroxyl groups is 1. The van der Waals surface area contributed by atoms with Crippen molar-refractivity contribution < 1.29 is 15.0 Å². The Morgan fingerprint density at radius 2 is 1.96 bits per heavy atom. The second-order valence-electron chi connectivity index (χ2n) is 6.82. The van der Waals surface area contributed by atoms with Gasteiger partial charge in [-0.05, 0) is 55.4 Å². The van der Waals surface area contributed by atoms with E-state index >= 15 is 0 Å². The van der Waals surface area contributed by atoms with Crippen LogP contribution in [0.1, 0.15) is 73.1 Å². The predicted octanol–water partition coefficient (Wildman–Crippen LogP) is 4.50. The summed E-state index contributed by atoms with van der Waals surface area (Å²) in [6.07, 6.45) is 3.87. The summed E-state index contributed by atoms with van der Waals surface area (Å²) in [6.45, 7) is 9.41. The molecule has 0 bridgehead atoms. The fourth-order valence-electron chi connectivity index (χ4n) is 3.45. The molecule has 4 nitrogen and oxygen atoms in total. The molecule has 0 amide bonds. The van der Waals surface area contributed by atoms with Crippen molar-refractivity contribution in [1.29, 1.82) is 0 Å². The molecule has 4 heteroatoms. The van der Waals surface area contributed by atoms with Gasteiger partial charge in [0.1, 0.15) is 0 Å².